The second kappa shape index (κ2) is 2.98. The van der Waals surface area contributed by atoms with Crippen LogP contribution in [0.4, 0.5) is 0 Å². The lowest BCUT2D eigenvalue weighted by molar-refractivity contribution is 0.106. The lowest BCUT2D eigenvalue weighted by Crippen LogP contribution is -2.22. The molecule has 3 rings (SSSR count). The molecule has 1 aromatic rings. The number of ether oxygens (including phenoxy) is 1. The van der Waals surface area contributed by atoms with Crippen molar-refractivity contribution in [1.82, 2.24) is 9.78 Å². The predicted octanol–water partition coefficient (Wildman–Crippen LogP) is 0.974. The Morgan fingerprint density at radius 1 is 1.43 bits per heavy atom. The fourth-order valence-electron chi connectivity index (χ4n) is 2.24. The van der Waals surface area contributed by atoms with E-state index in [0.717, 1.165) is 18.6 Å². The second-order valence-corrected chi connectivity index (χ2v) is 4.12. The standard InChI is InChI=1S/C10H14N2O2/c13-10-8-6-14-5-4-9(8)12(11-10)7-2-1-3-7/h7H,1-6H2,(H,11,13). The van der Waals surface area contributed by atoms with Gasteiger partial charge in [0.1, 0.15) is 0 Å². The summed E-state index contributed by atoms with van der Waals surface area (Å²) < 4.78 is 7.38. The van der Waals surface area contributed by atoms with Crippen LogP contribution in [0.2, 0.25) is 0 Å². The second-order valence-electron chi connectivity index (χ2n) is 4.12. The number of nitrogens with one attached hydrogen (secondary N) is 1. The van der Waals surface area contributed by atoms with Crippen molar-refractivity contribution in [2.45, 2.75) is 38.3 Å². The van der Waals surface area contributed by atoms with E-state index in [-0.39, 0.29) is 5.56 Å². The van der Waals surface area contributed by atoms with Gasteiger partial charge in [0.2, 0.25) is 0 Å². The lowest BCUT2D eigenvalue weighted by Gasteiger charge is -2.29. The third-order valence-electron chi connectivity index (χ3n) is 3.30. The summed E-state index contributed by atoms with van der Waals surface area (Å²) in [7, 11) is 0. The molecule has 0 radical (unpaired) electrons. The number of rotatable bonds is 1. The molecule has 0 atom stereocenters. The van der Waals surface area contributed by atoms with Crippen molar-refractivity contribution in [3.63, 3.8) is 0 Å². The molecule has 0 saturated heterocycles. The highest BCUT2D eigenvalue weighted by molar-refractivity contribution is 5.20. The van der Waals surface area contributed by atoms with Gasteiger partial charge in [-0.3, -0.25) is 14.6 Å². The highest BCUT2D eigenvalue weighted by Crippen LogP contribution is 2.32. The molecule has 1 aliphatic heterocycles. The molecule has 4 heteroatoms. The minimum absolute atomic E-state index is 0.0478. The first-order chi connectivity index (χ1) is 6.86. The fraction of sp³-hybridized carbons (Fsp3) is 0.700. The Hall–Kier alpha value is -1.03. The van der Waals surface area contributed by atoms with Gasteiger partial charge in [0, 0.05) is 12.1 Å². The fourth-order valence-corrected chi connectivity index (χ4v) is 2.24. The smallest absolute Gasteiger partial charge is 0.269 e. The van der Waals surface area contributed by atoms with Crippen LogP contribution in [0.5, 0.6) is 0 Å². The minimum atomic E-state index is 0.0478. The molecule has 2 heterocycles. The van der Waals surface area contributed by atoms with Gasteiger partial charge in [0.05, 0.1) is 24.8 Å². The molecule has 2 aliphatic rings. The van der Waals surface area contributed by atoms with Crippen LogP contribution < -0.4 is 5.56 Å². The molecule has 0 bridgehead atoms. The summed E-state index contributed by atoms with van der Waals surface area (Å²) in [6.45, 7) is 1.24. The van der Waals surface area contributed by atoms with Crippen molar-refractivity contribution < 1.29 is 4.74 Å². The zero-order valence-corrected chi connectivity index (χ0v) is 8.08. The summed E-state index contributed by atoms with van der Waals surface area (Å²) in [5.74, 6) is 0. The van der Waals surface area contributed by atoms with Gasteiger partial charge >= 0.3 is 0 Å². The van der Waals surface area contributed by atoms with E-state index >= 15 is 0 Å². The zero-order chi connectivity index (χ0) is 9.54. The number of aromatic amines is 1. The van der Waals surface area contributed by atoms with Crippen molar-refractivity contribution in [3.05, 3.63) is 21.6 Å². The van der Waals surface area contributed by atoms with Gasteiger partial charge in [-0.05, 0) is 19.3 Å². The molecule has 0 spiro atoms. The van der Waals surface area contributed by atoms with E-state index in [9.17, 15) is 4.79 Å². The minimum Gasteiger partial charge on any atom is -0.376 e. The van der Waals surface area contributed by atoms with Crippen LogP contribution in [0.3, 0.4) is 0 Å². The Bertz CT molecular complexity index is 401. The van der Waals surface area contributed by atoms with Crippen molar-refractivity contribution in [3.8, 4) is 0 Å². The SMILES string of the molecule is O=c1[nH]n(C2CCC2)c2c1COCC2. The zero-order valence-electron chi connectivity index (χ0n) is 8.08. The monoisotopic (exact) mass is 194 g/mol. The van der Waals surface area contributed by atoms with Crippen LogP contribution >= 0.6 is 0 Å². The summed E-state index contributed by atoms with van der Waals surface area (Å²) >= 11 is 0. The maximum atomic E-state index is 11.6. The maximum absolute atomic E-state index is 11.6. The highest BCUT2D eigenvalue weighted by atomic mass is 16.5. The Balaban J connectivity index is 2.06. The molecule has 1 aliphatic carbocycles. The molecular formula is C10H14N2O2. The first-order valence-electron chi connectivity index (χ1n) is 5.26. The summed E-state index contributed by atoms with van der Waals surface area (Å²) in [5, 5.41) is 2.94. The van der Waals surface area contributed by atoms with Gasteiger partial charge in [-0.25, -0.2) is 0 Å². The molecule has 0 aromatic carbocycles. The highest BCUT2D eigenvalue weighted by Gasteiger charge is 2.26. The van der Waals surface area contributed by atoms with Crippen LogP contribution in [-0.4, -0.2) is 16.4 Å². The Labute approximate surface area is 81.9 Å². The summed E-state index contributed by atoms with van der Waals surface area (Å²) in [6.07, 6.45) is 4.58. The number of fused-ring (bicyclic) bond motifs is 1. The average Bonchev–Trinajstić information content (AvgIpc) is 2.43. The van der Waals surface area contributed by atoms with Gasteiger partial charge in [0.25, 0.3) is 5.56 Å². The first kappa shape index (κ1) is 8.29. The van der Waals surface area contributed by atoms with E-state index in [0.29, 0.717) is 12.6 Å². The van der Waals surface area contributed by atoms with Gasteiger partial charge < -0.3 is 4.74 Å². The van der Waals surface area contributed by atoms with Crippen LogP contribution in [0.15, 0.2) is 4.79 Å². The molecule has 1 aromatic heterocycles. The molecule has 0 unspecified atom stereocenters. The molecule has 1 N–H and O–H groups in total. The van der Waals surface area contributed by atoms with E-state index in [1.54, 1.807) is 0 Å². The quantitative estimate of drug-likeness (QED) is 0.724. The van der Waals surface area contributed by atoms with Crippen LogP contribution in [-0.2, 0) is 17.8 Å². The molecule has 1 saturated carbocycles. The van der Waals surface area contributed by atoms with E-state index in [4.69, 9.17) is 4.74 Å². The number of nitrogens with zero attached hydrogens (tertiary/aromatic N) is 1. The van der Waals surface area contributed by atoms with Crippen molar-refractivity contribution in [2.75, 3.05) is 6.61 Å². The predicted molar refractivity (Wildman–Crippen MR) is 51.3 cm³/mol. The number of H-pyrrole nitrogens is 1. The van der Waals surface area contributed by atoms with E-state index in [1.807, 2.05) is 0 Å². The average molecular weight is 194 g/mol. The van der Waals surface area contributed by atoms with Crippen molar-refractivity contribution in [1.29, 1.82) is 0 Å². The van der Waals surface area contributed by atoms with Gasteiger partial charge in [-0.2, -0.15) is 0 Å². The molecule has 76 valence electrons. The molecule has 4 nitrogen and oxygen atoms in total. The molecule has 0 amide bonds. The van der Waals surface area contributed by atoms with Crippen LogP contribution in [0.1, 0.15) is 36.6 Å². The van der Waals surface area contributed by atoms with E-state index in [2.05, 4.69) is 9.78 Å². The van der Waals surface area contributed by atoms with Crippen LogP contribution in [0, 0.1) is 0 Å². The van der Waals surface area contributed by atoms with Gasteiger partial charge in [0.15, 0.2) is 0 Å². The Kier molecular flexibility index (Phi) is 1.77. The van der Waals surface area contributed by atoms with Crippen molar-refractivity contribution in [2.24, 2.45) is 0 Å². The number of aromatic nitrogens is 2. The summed E-state index contributed by atoms with van der Waals surface area (Å²) in [4.78, 5) is 11.6. The lowest BCUT2D eigenvalue weighted by atomic mass is 9.93. The summed E-state index contributed by atoms with van der Waals surface area (Å²) in [6, 6.07) is 0.546. The molecule has 14 heavy (non-hydrogen) atoms. The topological polar surface area (TPSA) is 47.0 Å². The maximum Gasteiger partial charge on any atom is 0.269 e. The number of hydrogen-bond acceptors (Lipinski definition) is 2. The Morgan fingerprint density at radius 3 is 3.00 bits per heavy atom. The van der Waals surface area contributed by atoms with Gasteiger partial charge in [-0.15, -0.1) is 0 Å². The van der Waals surface area contributed by atoms with E-state index < -0.39 is 0 Å². The van der Waals surface area contributed by atoms with E-state index in [1.165, 1.54) is 25.0 Å². The van der Waals surface area contributed by atoms with Gasteiger partial charge in [-0.1, -0.05) is 0 Å². The normalized spacial score (nSPS) is 21.7. The first-order valence-corrected chi connectivity index (χ1v) is 5.26. The molecule has 1 fully saturated rings. The third kappa shape index (κ3) is 1.07. The Morgan fingerprint density at radius 2 is 2.29 bits per heavy atom. The van der Waals surface area contributed by atoms with Crippen LogP contribution in [0.25, 0.3) is 0 Å². The number of hydrogen-bond donors (Lipinski definition) is 1. The summed E-state index contributed by atoms with van der Waals surface area (Å²) in [5.41, 5.74) is 2.08. The van der Waals surface area contributed by atoms with Crippen molar-refractivity contribution >= 4 is 0 Å². The largest absolute Gasteiger partial charge is 0.376 e. The third-order valence-corrected chi connectivity index (χ3v) is 3.30. The molecular weight excluding hydrogens is 180 g/mol.